The van der Waals surface area contributed by atoms with Crippen molar-refractivity contribution in [1.82, 2.24) is 15.5 Å². The van der Waals surface area contributed by atoms with E-state index in [0.29, 0.717) is 23.6 Å². The number of rotatable bonds is 6. The Balaban J connectivity index is 1.87. The Kier molecular flexibility index (Phi) is 5.83. The summed E-state index contributed by atoms with van der Waals surface area (Å²) in [5.41, 5.74) is 0.548. The van der Waals surface area contributed by atoms with Crippen LogP contribution in [0.15, 0.2) is 18.2 Å². The molecule has 2 rings (SSSR count). The highest BCUT2D eigenvalue weighted by molar-refractivity contribution is 5.95. The number of benzene rings is 1. The molecule has 21 heavy (non-hydrogen) atoms. The molecule has 6 heteroatoms. The van der Waals surface area contributed by atoms with Gasteiger partial charge in [0.25, 0.3) is 5.91 Å². The molecule has 116 valence electrons. The first-order chi connectivity index (χ1) is 10.2. The molecule has 1 amide bonds. The third-order valence-electron chi connectivity index (χ3n) is 3.54. The molecule has 1 aromatic rings. The van der Waals surface area contributed by atoms with E-state index < -0.39 is 0 Å². The number of hydrogen-bond acceptors (Lipinski definition) is 5. The van der Waals surface area contributed by atoms with Crippen LogP contribution >= 0.6 is 0 Å². The second-order valence-electron chi connectivity index (χ2n) is 4.95. The van der Waals surface area contributed by atoms with Gasteiger partial charge in [0, 0.05) is 50.9 Å². The number of carbonyl (C=O) groups excluding carboxylic acids is 1. The highest BCUT2D eigenvalue weighted by atomic mass is 16.5. The first-order valence-electron chi connectivity index (χ1n) is 7.17. The standard InChI is InChI=1S/C15H23N3O3/c1-20-13-9-12(10-14(11-13)21-2)15(19)17-5-8-18-6-3-16-4-7-18/h9-11,16H,3-8H2,1-2H3,(H,17,19). The average molecular weight is 293 g/mol. The van der Waals surface area contributed by atoms with Crippen LogP contribution in [-0.2, 0) is 0 Å². The summed E-state index contributed by atoms with van der Waals surface area (Å²) in [6.07, 6.45) is 0. The normalized spacial score (nSPS) is 15.5. The zero-order valence-electron chi connectivity index (χ0n) is 12.6. The van der Waals surface area contributed by atoms with Crippen molar-refractivity contribution in [2.45, 2.75) is 0 Å². The van der Waals surface area contributed by atoms with Gasteiger partial charge in [-0.2, -0.15) is 0 Å². The lowest BCUT2D eigenvalue weighted by Gasteiger charge is -2.27. The van der Waals surface area contributed by atoms with Gasteiger partial charge in [-0.3, -0.25) is 9.69 Å². The Hall–Kier alpha value is -1.79. The molecule has 0 spiro atoms. The lowest BCUT2D eigenvalue weighted by atomic mass is 10.2. The van der Waals surface area contributed by atoms with E-state index >= 15 is 0 Å². The van der Waals surface area contributed by atoms with E-state index in [4.69, 9.17) is 9.47 Å². The molecule has 0 aromatic heterocycles. The van der Waals surface area contributed by atoms with Crippen molar-refractivity contribution in [3.8, 4) is 11.5 Å². The molecule has 0 unspecified atom stereocenters. The lowest BCUT2D eigenvalue weighted by Crippen LogP contribution is -2.46. The van der Waals surface area contributed by atoms with Gasteiger partial charge in [0.2, 0.25) is 0 Å². The molecular weight excluding hydrogens is 270 g/mol. The van der Waals surface area contributed by atoms with Crippen LogP contribution in [0, 0.1) is 0 Å². The van der Waals surface area contributed by atoms with Crippen molar-refractivity contribution >= 4 is 5.91 Å². The average Bonchev–Trinajstić information content (AvgIpc) is 2.55. The minimum absolute atomic E-state index is 0.109. The maximum Gasteiger partial charge on any atom is 0.251 e. The summed E-state index contributed by atoms with van der Waals surface area (Å²) >= 11 is 0. The number of methoxy groups -OCH3 is 2. The molecule has 0 saturated carbocycles. The largest absolute Gasteiger partial charge is 0.497 e. The monoisotopic (exact) mass is 293 g/mol. The summed E-state index contributed by atoms with van der Waals surface area (Å²) in [6, 6.07) is 5.17. The Morgan fingerprint density at radius 2 is 1.81 bits per heavy atom. The zero-order valence-corrected chi connectivity index (χ0v) is 12.6. The van der Waals surface area contributed by atoms with Gasteiger partial charge in [0.05, 0.1) is 14.2 Å². The second-order valence-corrected chi connectivity index (χ2v) is 4.95. The SMILES string of the molecule is COc1cc(OC)cc(C(=O)NCCN2CCNCC2)c1. The van der Waals surface area contributed by atoms with E-state index in [2.05, 4.69) is 15.5 Å². The molecule has 0 bridgehead atoms. The van der Waals surface area contributed by atoms with Crippen molar-refractivity contribution in [2.24, 2.45) is 0 Å². The molecule has 1 heterocycles. The van der Waals surface area contributed by atoms with Crippen LogP contribution in [0.25, 0.3) is 0 Å². The molecular formula is C15H23N3O3. The van der Waals surface area contributed by atoms with Crippen LogP contribution in [-0.4, -0.2) is 64.3 Å². The summed E-state index contributed by atoms with van der Waals surface area (Å²) in [4.78, 5) is 14.5. The van der Waals surface area contributed by atoms with E-state index in [9.17, 15) is 4.79 Å². The number of ether oxygens (including phenoxy) is 2. The minimum atomic E-state index is -0.109. The number of nitrogens with one attached hydrogen (secondary N) is 2. The summed E-state index contributed by atoms with van der Waals surface area (Å²) in [6.45, 7) is 5.60. The number of carbonyl (C=O) groups is 1. The molecule has 1 saturated heterocycles. The molecule has 1 aliphatic rings. The van der Waals surface area contributed by atoms with Gasteiger partial charge in [-0.15, -0.1) is 0 Å². The quantitative estimate of drug-likeness (QED) is 0.792. The van der Waals surface area contributed by atoms with Crippen LogP contribution < -0.4 is 20.1 Å². The predicted molar refractivity (Wildman–Crippen MR) is 81.2 cm³/mol. The molecule has 0 atom stereocenters. The van der Waals surface area contributed by atoms with Crippen molar-refractivity contribution in [1.29, 1.82) is 0 Å². The van der Waals surface area contributed by atoms with E-state index in [0.717, 1.165) is 32.7 Å². The van der Waals surface area contributed by atoms with Gasteiger partial charge in [-0.05, 0) is 12.1 Å². The molecule has 1 fully saturated rings. The van der Waals surface area contributed by atoms with Crippen molar-refractivity contribution < 1.29 is 14.3 Å². The first kappa shape index (κ1) is 15.6. The lowest BCUT2D eigenvalue weighted by molar-refractivity contribution is 0.0946. The van der Waals surface area contributed by atoms with Gasteiger partial charge in [-0.1, -0.05) is 0 Å². The van der Waals surface area contributed by atoms with Gasteiger partial charge >= 0.3 is 0 Å². The van der Waals surface area contributed by atoms with E-state index in [1.165, 1.54) is 0 Å². The van der Waals surface area contributed by atoms with Crippen LogP contribution in [0.1, 0.15) is 10.4 Å². The smallest absolute Gasteiger partial charge is 0.251 e. The Bertz CT molecular complexity index is 451. The van der Waals surface area contributed by atoms with Gasteiger partial charge in [0.15, 0.2) is 0 Å². The summed E-state index contributed by atoms with van der Waals surface area (Å²) in [7, 11) is 3.14. The van der Waals surface area contributed by atoms with Gasteiger partial charge in [0.1, 0.15) is 11.5 Å². The topological polar surface area (TPSA) is 62.8 Å². The Morgan fingerprint density at radius 3 is 2.38 bits per heavy atom. The third kappa shape index (κ3) is 4.61. The Labute approximate surface area is 125 Å². The van der Waals surface area contributed by atoms with E-state index in [-0.39, 0.29) is 5.91 Å². The first-order valence-corrected chi connectivity index (χ1v) is 7.17. The van der Waals surface area contributed by atoms with Crippen LogP contribution in [0.3, 0.4) is 0 Å². The maximum atomic E-state index is 12.2. The minimum Gasteiger partial charge on any atom is -0.497 e. The maximum absolute atomic E-state index is 12.2. The van der Waals surface area contributed by atoms with Crippen molar-refractivity contribution in [3.05, 3.63) is 23.8 Å². The fourth-order valence-electron chi connectivity index (χ4n) is 2.30. The van der Waals surface area contributed by atoms with E-state index in [1.807, 2.05) is 0 Å². The molecule has 6 nitrogen and oxygen atoms in total. The van der Waals surface area contributed by atoms with E-state index in [1.54, 1.807) is 32.4 Å². The molecule has 1 aliphatic heterocycles. The third-order valence-corrected chi connectivity index (χ3v) is 3.54. The fourth-order valence-corrected chi connectivity index (χ4v) is 2.30. The predicted octanol–water partition coefficient (Wildman–Crippen LogP) is 0.339. The van der Waals surface area contributed by atoms with Gasteiger partial charge in [-0.25, -0.2) is 0 Å². The summed E-state index contributed by atoms with van der Waals surface area (Å²) in [5, 5.41) is 6.25. The summed E-state index contributed by atoms with van der Waals surface area (Å²) < 4.78 is 10.3. The van der Waals surface area contributed by atoms with Crippen molar-refractivity contribution in [2.75, 3.05) is 53.5 Å². The number of nitrogens with zero attached hydrogens (tertiary/aromatic N) is 1. The number of piperazine rings is 1. The highest BCUT2D eigenvalue weighted by Gasteiger charge is 2.12. The van der Waals surface area contributed by atoms with Crippen LogP contribution in [0.4, 0.5) is 0 Å². The highest BCUT2D eigenvalue weighted by Crippen LogP contribution is 2.22. The molecule has 0 aliphatic carbocycles. The molecule has 1 aromatic carbocycles. The van der Waals surface area contributed by atoms with Gasteiger partial charge < -0.3 is 20.1 Å². The Morgan fingerprint density at radius 1 is 1.19 bits per heavy atom. The molecule has 0 radical (unpaired) electrons. The number of hydrogen-bond donors (Lipinski definition) is 2. The van der Waals surface area contributed by atoms with Crippen LogP contribution in [0.2, 0.25) is 0 Å². The zero-order chi connectivity index (χ0) is 15.1. The molecule has 2 N–H and O–H groups in total. The summed E-state index contributed by atoms with van der Waals surface area (Å²) in [5.74, 6) is 1.12. The second kappa shape index (κ2) is 7.85. The van der Waals surface area contributed by atoms with Crippen LogP contribution in [0.5, 0.6) is 11.5 Å². The van der Waals surface area contributed by atoms with Crippen molar-refractivity contribution in [3.63, 3.8) is 0 Å². The fraction of sp³-hybridized carbons (Fsp3) is 0.533. The number of amides is 1.